The van der Waals surface area contributed by atoms with Gasteiger partial charge in [-0.15, -0.1) is 0 Å². The molecule has 0 bridgehead atoms. The van der Waals surface area contributed by atoms with Crippen molar-refractivity contribution in [1.82, 2.24) is 9.97 Å². The maximum atomic E-state index is 5.76. The maximum Gasteiger partial charge on any atom is 0.186 e. The SMILES string of the molecule is COc1cccc2sc(N3CC(COc4cccnc4)C3)nc12. The molecule has 0 unspecified atom stereocenters. The van der Waals surface area contributed by atoms with Crippen LogP contribution in [-0.2, 0) is 0 Å². The van der Waals surface area contributed by atoms with Crippen molar-refractivity contribution in [2.75, 3.05) is 31.7 Å². The largest absolute Gasteiger partial charge is 0.494 e. The molecule has 0 radical (unpaired) electrons. The van der Waals surface area contributed by atoms with Gasteiger partial charge < -0.3 is 14.4 Å². The van der Waals surface area contributed by atoms with Crippen LogP contribution in [0.2, 0.25) is 0 Å². The van der Waals surface area contributed by atoms with Crippen LogP contribution in [0.3, 0.4) is 0 Å². The summed E-state index contributed by atoms with van der Waals surface area (Å²) >= 11 is 1.71. The second kappa shape index (κ2) is 6.04. The Morgan fingerprint density at radius 3 is 2.96 bits per heavy atom. The minimum Gasteiger partial charge on any atom is -0.494 e. The fourth-order valence-corrected chi connectivity index (χ4v) is 3.69. The van der Waals surface area contributed by atoms with E-state index >= 15 is 0 Å². The highest BCUT2D eigenvalue weighted by Crippen LogP contribution is 2.36. The Hall–Kier alpha value is -2.34. The zero-order chi connectivity index (χ0) is 15.6. The van der Waals surface area contributed by atoms with Gasteiger partial charge in [-0.1, -0.05) is 17.4 Å². The standard InChI is InChI=1S/C17H17N3O2S/c1-21-14-5-2-6-15-16(14)19-17(23-15)20-9-12(10-20)11-22-13-4-3-7-18-8-13/h2-8,12H,9-11H2,1H3. The first-order chi connectivity index (χ1) is 11.3. The van der Waals surface area contributed by atoms with E-state index in [4.69, 9.17) is 14.5 Å². The summed E-state index contributed by atoms with van der Waals surface area (Å²) in [6.45, 7) is 2.67. The lowest BCUT2D eigenvalue weighted by Gasteiger charge is -2.38. The number of aromatic nitrogens is 2. The number of nitrogens with zero attached hydrogens (tertiary/aromatic N) is 3. The Morgan fingerprint density at radius 2 is 2.17 bits per heavy atom. The lowest BCUT2D eigenvalue weighted by molar-refractivity contribution is 0.220. The van der Waals surface area contributed by atoms with Gasteiger partial charge in [0.05, 0.1) is 24.6 Å². The van der Waals surface area contributed by atoms with E-state index in [-0.39, 0.29) is 0 Å². The molecule has 3 aromatic rings. The Morgan fingerprint density at radius 1 is 1.26 bits per heavy atom. The van der Waals surface area contributed by atoms with Crippen LogP contribution in [0, 0.1) is 5.92 Å². The molecular weight excluding hydrogens is 310 g/mol. The van der Waals surface area contributed by atoms with Crippen LogP contribution in [0.1, 0.15) is 0 Å². The molecule has 6 heteroatoms. The molecule has 1 aliphatic heterocycles. The summed E-state index contributed by atoms with van der Waals surface area (Å²) in [5.74, 6) is 2.20. The van der Waals surface area contributed by atoms with Crippen LogP contribution in [0.15, 0.2) is 42.7 Å². The second-order valence-electron chi connectivity index (χ2n) is 5.57. The first-order valence-electron chi connectivity index (χ1n) is 7.55. The highest BCUT2D eigenvalue weighted by molar-refractivity contribution is 7.22. The third-order valence-electron chi connectivity index (χ3n) is 3.94. The number of ether oxygens (including phenoxy) is 2. The van der Waals surface area contributed by atoms with Crippen molar-refractivity contribution in [2.45, 2.75) is 0 Å². The van der Waals surface area contributed by atoms with E-state index in [1.54, 1.807) is 30.8 Å². The molecule has 1 saturated heterocycles. The molecule has 5 nitrogen and oxygen atoms in total. The van der Waals surface area contributed by atoms with E-state index in [2.05, 4.69) is 16.0 Å². The summed E-state index contributed by atoms with van der Waals surface area (Å²) in [4.78, 5) is 11.1. The van der Waals surface area contributed by atoms with Crippen LogP contribution < -0.4 is 14.4 Å². The van der Waals surface area contributed by atoms with E-state index in [0.29, 0.717) is 5.92 Å². The van der Waals surface area contributed by atoms with Gasteiger partial charge in [-0.3, -0.25) is 4.98 Å². The van der Waals surface area contributed by atoms with E-state index in [1.165, 1.54) is 0 Å². The van der Waals surface area contributed by atoms with Gasteiger partial charge in [-0.2, -0.15) is 0 Å². The lowest BCUT2D eigenvalue weighted by atomic mass is 10.0. The average molecular weight is 327 g/mol. The van der Waals surface area contributed by atoms with E-state index < -0.39 is 0 Å². The quantitative estimate of drug-likeness (QED) is 0.720. The molecule has 1 aliphatic rings. The minimum absolute atomic E-state index is 0.532. The van der Waals surface area contributed by atoms with Crippen molar-refractivity contribution in [3.63, 3.8) is 0 Å². The van der Waals surface area contributed by atoms with Gasteiger partial charge in [0.15, 0.2) is 5.13 Å². The van der Waals surface area contributed by atoms with Crippen molar-refractivity contribution in [1.29, 1.82) is 0 Å². The molecule has 0 N–H and O–H groups in total. The second-order valence-corrected chi connectivity index (χ2v) is 6.58. The van der Waals surface area contributed by atoms with Crippen molar-refractivity contribution < 1.29 is 9.47 Å². The topological polar surface area (TPSA) is 47.5 Å². The van der Waals surface area contributed by atoms with Crippen LogP contribution in [0.4, 0.5) is 5.13 Å². The minimum atomic E-state index is 0.532. The predicted octanol–water partition coefficient (Wildman–Crippen LogP) is 3.22. The van der Waals surface area contributed by atoms with Crippen LogP contribution in [0.5, 0.6) is 11.5 Å². The Bertz CT molecular complexity index is 800. The molecular formula is C17H17N3O2S. The number of hydrogen-bond acceptors (Lipinski definition) is 6. The summed E-state index contributed by atoms with van der Waals surface area (Å²) in [7, 11) is 1.68. The monoisotopic (exact) mass is 327 g/mol. The number of pyridine rings is 1. The molecule has 0 spiro atoms. The summed E-state index contributed by atoms with van der Waals surface area (Å²) < 4.78 is 12.3. The van der Waals surface area contributed by atoms with Crippen LogP contribution >= 0.6 is 11.3 Å². The van der Waals surface area contributed by atoms with Crippen molar-refractivity contribution in [2.24, 2.45) is 5.92 Å². The first-order valence-corrected chi connectivity index (χ1v) is 8.36. The molecule has 0 saturated carbocycles. The fraction of sp³-hybridized carbons (Fsp3) is 0.294. The molecule has 2 aromatic heterocycles. The zero-order valence-corrected chi connectivity index (χ0v) is 13.6. The molecule has 23 heavy (non-hydrogen) atoms. The smallest absolute Gasteiger partial charge is 0.186 e. The number of fused-ring (bicyclic) bond motifs is 1. The van der Waals surface area contributed by atoms with E-state index in [9.17, 15) is 0 Å². The molecule has 1 aromatic carbocycles. The molecule has 4 rings (SSSR count). The van der Waals surface area contributed by atoms with Gasteiger partial charge in [0.25, 0.3) is 0 Å². The van der Waals surface area contributed by atoms with Crippen LogP contribution in [-0.4, -0.2) is 36.8 Å². The first kappa shape index (κ1) is 14.3. The highest BCUT2D eigenvalue weighted by atomic mass is 32.1. The number of anilines is 1. The van der Waals surface area contributed by atoms with Gasteiger partial charge >= 0.3 is 0 Å². The Balaban J connectivity index is 1.38. The number of methoxy groups -OCH3 is 1. The summed E-state index contributed by atoms with van der Waals surface area (Å²) in [5, 5.41) is 1.06. The van der Waals surface area contributed by atoms with Crippen molar-refractivity contribution in [3.8, 4) is 11.5 Å². The van der Waals surface area contributed by atoms with Gasteiger partial charge in [-0.05, 0) is 24.3 Å². The number of thiazole rings is 1. The van der Waals surface area contributed by atoms with Crippen molar-refractivity contribution in [3.05, 3.63) is 42.7 Å². The molecule has 0 amide bonds. The number of para-hydroxylation sites is 1. The summed E-state index contributed by atoms with van der Waals surface area (Å²) in [6, 6.07) is 9.86. The van der Waals surface area contributed by atoms with Gasteiger partial charge in [0.1, 0.15) is 17.0 Å². The highest BCUT2D eigenvalue weighted by Gasteiger charge is 2.29. The van der Waals surface area contributed by atoms with Gasteiger partial charge in [0, 0.05) is 25.2 Å². The third kappa shape index (κ3) is 2.82. The van der Waals surface area contributed by atoms with E-state index in [1.807, 2.05) is 24.3 Å². The molecule has 0 aliphatic carbocycles. The van der Waals surface area contributed by atoms with Gasteiger partial charge in [0.2, 0.25) is 0 Å². The van der Waals surface area contributed by atoms with Crippen LogP contribution in [0.25, 0.3) is 10.2 Å². The van der Waals surface area contributed by atoms with Gasteiger partial charge in [-0.25, -0.2) is 4.98 Å². The summed E-state index contributed by atoms with van der Waals surface area (Å²) in [5.41, 5.74) is 0.949. The van der Waals surface area contributed by atoms with E-state index in [0.717, 1.165) is 46.5 Å². The average Bonchev–Trinajstić information content (AvgIpc) is 2.97. The van der Waals surface area contributed by atoms with Crippen molar-refractivity contribution >= 4 is 26.7 Å². The molecule has 1 fully saturated rings. The number of benzene rings is 1. The normalized spacial score (nSPS) is 14.7. The fourth-order valence-electron chi connectivity index (χ4n) is 2.69. The molecule has 0 atom stereocenters. The molecule has 118 valence electrons. The molecule has 3 heterocycles. The Kier molecular flexibility index (Phi) is 3.75. The number of hydrogen-bond donors (Lipinski definition) is 0. The lowest BCUT2D eigenvalue weighted by Crippen LogP contribution is -2.49. The zero-order valence-electron chi connectivity index (χ0n) is 12.8. The summed E-state index contributed by atoms with van der Waals surface area (Å²) in [6.07, 6.45) is 3.50. The maximum absolute atomic E-state index is 5.76. The number of rotatable bonds is 5. The Labute approximate surface area is 138 Å². The third-order valence-corrected chi connectivity index (χ3v) is 5.02. The predicted molar refractivity (Wildman–Crippen MR) is 91.6 cm³/mol.